The van der Waals surface area contributed by atoms with E-state index < -0.39 is 0 Å². The van der Waals surface area contributed by atoms with E-state index in [9.17, 15) is 9.59 Å². The van der Waals surface area contributed by atoms with Crippen molar-refractivity contribution in [1.29, 1.82) is 0 Å². The molecule has 0 aromatic carbocycles. The van der Waals surface area contributed by atoms with Crippen LogP contribution in [0.2, 0.25) is 0 Å². The Morgan fingerprint density at radius 2 is 1.25 bits per heavy atom. The lowest BCUT2D eigenvalue weighted by Crippen LogP contribution is -2.20. The number of nitrogens with one attached hydrogen (secondary N) is 1. The Labute approximate surface area is 124 Å². The monoisotopic (exact) mass is 283 g/mol. The minimum Gasteiger partial charge on any atom is -0.356 e. The average Bonchev–Trinajstić information content (AvgIpc) is 2.39. The van der Waals surface area contributed by atoms with E-state index in [1.54, 1.807) is 6.92 Å². The minimum absolute atomic E-state index is 0.0703. The zero-order valence-corrected chi connectivity index (χ0v) is 13.7. The molecule has 0 fully saturated rings. The molecule has 0 atom stereocenters. The van der Waals surface area contributed by atoms with Crippen molar-refractivity contribution in [2.45, 2.75) is 85.0 Å². The highest BCUT2D eigenvalue weighted by atomic mass is 16.1. The van der Waals surface area contributed by atoms with Gasteiger partial charge in [0.15, 0.2) is 0 Å². The molecule has 0 spiro atoms. The summed E-state index contributed by atoms with van der Waals surface area (Å²) < 4.78 is 0. The van der Waals surface area contributed by atoms with Crippen molar-refractivity contribution in [2.75, 3.05) is 6.54 Å². The van der Waals surface area contributed by atoms with Gasteiger partial charge < -0.3 is 5.32 Å². The standard InChI is InChI=1S/C17H33NO2/c1-15(2)17(20)13-11-9-7-5-4-6-8-10-12-14-18-16(3)19/h15H,4-14H2,1-3H3,(H,18,19). The molecule has 0 rings (SSSR count). The SMILES string of the molecule is CC(=O)NCCCCCCCCCCCC(=O)C(C)C. The fourth-order valence-electron chi connectivity index (χ4n) is 2.21. The molecule has 0 saturated heterocycles. The normalized spacial score (nSPS) is 10.8. The maximum absolute atomic E-state index is 11.4. The summed E-state index contributed by atoms with van der Waals surface area (Å²) in [6, 6.07) is 0. The van der Waals surface area contributed by atoms with Crippen LogP contribution in [0.4, 0.5) is 0 Å². The lowest BCUT2D eigenvalue weighted by atomic mass is 10.0. The summed E-state index contributed by atoms with van der Waals surface area (Å²) in [6.45, 7) is 6.34. The Balaban J connectivity index is 3.10. The van der Waals surface area contributed by atoms with Crippen LogP contribution in [0.3, 0.4) is 0 Å². The number of rotatable bonds is 13. The number of carbonyl (C=O) groups excluding carboxylic acids is 2. The van der Waals surface area contributed by atoms with E-state index in [4.69, 9.17) is 0 Å². The van der Waals surface area contributed by atoms with Gasteiger partial charge >= 0.3 is 0 Å². The van der Waals surface area contributed by atoms with Crippen molar-refractivity contribution in [1.82, 2.24) is 5.32 Å². The Hall–Kier alpha value is -0.860. The average molecular weight is 283 g/mol. The molecule has 0 bridgehead atoms. The van der Waals surface area contributed by atoms with Crippen molar-refractivity contribution in [2.24, 2.45) is 5.92 Å². The van der Waals surface area contributed by atoms with E-state index >= 15 is 0 Å². The number of carbonyl (C=O) groups is 2. The molecule has 1 N–H and O–H groups in total. The van der Waals surface area contributed by atoms with Gasteiger partial charge in [-0.05, 0) is 12.8 Å². The molecule has 0 aromatic heterocycles. The molecule has 1 amide bonds. The maximum Gasteiger partial charge on any atom is 0.216 e. The molecule has 0 aliphatic heterocycles. The van der Waals surface area contributed by atoms with E-state index in [1.165, 1.54) is 44.9 Å². The van der Waals surface area contributed by atoms with Gasteiger partial charge in [0, 0.05) is 25.8 Å². The predicted molar refractivity (Wildman–Crippen MR) is 84.7 cm³/mol. The Bertz CT molecular complexity index is 262. The predicted octanol–water partition coefficient (Wildman–Crippen LogP) is 4.25. The van der Waals surface area contributed by atoms with Crippen molar-refractivity contribution in [3.8, 4) is 0 Å². The molecule has 0 aliphatic carbocycles. The van der Waals surface area contributed by atoms with Crippen LogP contribution >= 0.6 is 0 Å². The van der Waals surface area contributed by atoms with E-state index in [0.717, 1.165) is 25.8 Å². The first kappa shape index (κ1) is 19.1. The lowest BCUT2D eigenvalue weighted by molar-refractivity contribution is -0.122. The number of hydrogen-bond acceptors (Lipinski definition) is 2. The van der Waals surface area contributed by atoms with Crippen LogP contribution in [0.5, 0.6) is 0 Å². The largest absolute Gasteiger partial charge is 0.356 e. The van der Waals surface area contributed by atoms with Crippen LogP contribution in [0.25, 0.3) is 0 Å². The first-order valence-electron chi connectivity index (χ1n) is 8.31. The van der Waals surface area contributed by atoms with Crippen LogP contribution in [-0.4, -0.2) is 18.2 Å². The Morgan fingerprint density at radius 1 is 0.800 bits per heavy atom. The molecule has 0 unspecified atom stereocenters. The summed E-state index contributed by atoms with van der Waals surface area (Å²) in [5.74, 6) is 0.678. The number of unbranched alkanes of at least 4 members (excludes halogenated alkanes) is 8. The van der Waals surface area contributed by atoms with Gasteiger partial charge in [-0.1, -0.05) is 58.8 Å². The minimum atomic E-state index is 0.0703. The lowest BCUT2D eigenvalue weighted by Gasteiger charge is -2.04. The van der Waals surface area contributed by atoms with Crippen LogP contribution in [-0.2, 0) is 9.59 Å². The van der Waals surface area contributed by atoms with E-state index in [1.807, 2.05) is 13.8 Å². The molecule has 0 aliphatic rings. The molecular weight excluding hydrogens is 250 g/mol. The third-order valence-electron chi connectivity index (χ3n) is 3.62. The molecular formula is C17H33NO2. The number of hydrogen-bond donors (Lipinski definition) is 1. The first-order valence-corrected chi connectivity index (χ1v) is 8.31. The summed E-state index contributed by atoms with van der Waals surface area (Å²) in [6.07, 6.45) is 11.8. The topological polar surface area (TPSA) is 46.2 Å². The van der Waals surface area contributed by atoms with Gasteiger partial charge in [0.1, 0.15) is 5.78 Å². The zero-order chi connectivity index (χ0) is 15.2. The van der Waals surface area contributed by atoms with E-state index in [2.05, 4.69) is 5.32 Å². The zero-order valence-electron chi connectivity index (χ0n) is 13.7. The highest BCUT2D eigenvalue weighted by Crippen LogP contribution is 2.11. The summed E-state index contributed by atoms with van der Waals surface area (Å²) in [5.41, 5.74) is 0. The van der Waals surface area contributed by atoms with Crippen molar-refractivity contribution >= 4 is 11.7 Å². The summed E-state index contributed by atoms with van der Waals surface area (Å²) in [5, 5.41) is 2.82. The molecule has 0 radical (unpaired) electrons. The highest BCUT2D eigenvalue weighted by Gasteiger charge is 2.05. The number of Topliss-reactive ketones (excluding diaryl/α,β-unsaturated/α-hetero) is 1. The fourth-order valence-corrected chi connectivity index (χ4v) is 2.21. The van der Waals surface area contributed by atoms with Crippen LogP contribution in [0, 0.1) is 5.92 Å². The fraction of sp³-hybridized carbons (Fsp3) is 0.882. The molecule has 20 heavy (non-hydrogen) atoms. The van der Waals surface area contributed by atoms with Gasteiger partial charge in [0.2, 0.25) is 5.91 Å². The summed E-state index contributed by atoms with van der Waals surface area (Å²) in [4.78, 5) is 22.1. The third kappa shape index (κ3) is 13.6. The molecule has 0 heterocycles. The highest BCUT2D eigenvalue weighted by molar-refractivity contribution is 5.80. The van der Waals surface area contributed by atoms with Crippen molar-refractivity contribution < 1.29 is 9.59 Å². The second-order valence-electron chi connectivity index (χ2n) is 6.04. The van der Waals surface area contributed by atoms with Gasteiger partial charge in [-0.2, -0.15) is 0 Å². The smallest absolute Gasteiger partial charge is 0.216 e. The van der Waals surface area contributed by atoms with Gasteiger partial charge in [0.25, 0.3) is 0 Å². The van der Waals surface area contributed by atoms with Crippen LogP contribution in [0.15, 0.2) is 0 Å². The second-order valence-corrected chi connectivity index (χ2v) is 6.04. The van der Waals surface area contributed by atoms with Gasteiger partial charge in [-0.3, -0.25) is 9.59 Å². The molecule has 118 valence electrons. The first-order chi connectivity index (χ1) is 9.54. The van der Waals surface area contributed by atoms with Crippen LogP contribution < -0.4 is 5.32 Å². The van der Waals surface area contributed by atoms with Crippen molar-refractivity contribution in [3.05, 3.63) is 0 Å². The van der Waals surface area contributed by atoms with Gasteiger partial charge in [-0.15, -0.1) is 0 Å². The number of ketones is 1. The quantitative estimate of drug-likeness (QED) is 0.514. The third-order valence-corrected chi connectivity index (χ3v) is 3.62. The second kappa shape index (κ2) is 13.1. The molecule has 0 saturated carbocycles. The molecule has 0 aromatic rings. The molecule has 3 heteroatoms. The Kier molecular flexibility index (Phi) is 12.6. The van der Waals surface area contributed by atoms with Crippen molar-refractivity contribution in [3.63, 3.8) is 0 Å². The van der Waals surface area contributed by atoms with Gasteiger partial charge in [0.05, 0.1) is 0 Å². The van der Waals surface area contributed by atoms with Gasteiger partial charge in [-0.25, -0.2) is 0 Å². The number of amides is 1. The van der Waals surface area contributed by atoms with Crippen LogP contribution in [0.1, 0.15) is 85.0 Å². The summed E-state index contributed by atoms with van der Waals surface area (Å²) >= 11 is 0. The molecule has 3 nitrogen and oxygen atoms in total. The van der Waals surface area contributed by atoms with E-state index in [-0.39, 0.29) is 11.8 Å². The Morgan fingerprint density at radius 3 is 1.70 bits per heavy atom. The van der Waals surface area contributed by atoms with E-state index in [0.29, 0.717) is 5.78 Å². The summed E-state index contributed by atoms with van der Waals surface area (Å²) in [7, 11) is 0. The maximum atomic E-state index is 11.4.